The Hall–Kier alpha value is -3.35. The summed E-state index contributed by atoms with van der Waals surface area (Å²) in [5.41, 5.74) is 4.06. The fourth-order valence-electron chi connectivity index (χ4n) is 5.52. The molecule has 1 saturated heterocycles. The van der Waals surface area contributed by atoms with Crippen molar-refractivity contribution in [2.75, 3.05) is 13.2 Å². The lowest BCUT2D eigenvalue weighted by Crippen LogP contribution is -2.59. The maximum Gasteiger partial charge on any atom is 0.407 e. The Kier molecular flexibility index (Phi) is 6.88. The summed E-state index contributed by atoms with van der Waals surface area (Å²) in [6, 6.07) is 14.9. The molecule has 1 heterocycles. The Morgan fingerprint density at radius 1 is 1.06 bits per heavy atom. The first-order valence-corrected chi connectivity index (χ1v) is 12.3. The zero-order chi connectivity index (χ0) is 25.3. The molecule has 1 fully saturated rings. The van der Waals surface area contributed by atoms with Gasteiger partial charge in [0.2, 0.25) is 5.91 Å². The van der Waals surface area contributed by atoms with Crippen molar-refractivity contribution in [3.05, 3.63) is 59.7 Å². The van der Waals surface area contributed by atoms with Crippen LogP contribution in [-0.2, 0) is 14.3 Å². The van der Waals surface area contributed by atoms with Gasteiger partial charge in [0.25, 0.3) is 0 Å². The number of carboxylic acid groups (broad SMARTS) is 1. The Bertz CT molecular complexity index is 1080. The molecule has 2 aromatic rings. The Morgan fingerprint density at radius 3 is 2.20 bits per heavy atom. The van der Waals surface area contributed by atoms with Gasteiger partial charge in [0.05, 0.1) is 5.92 Å². The van der Waals surface area contributed by atoms with Crippen LogP contribution in [0.15, 0.2) is 48.5 Å². The van der Waals surface area contributed by atoms with Crippen LogP contribution in [0.4, 0.5) is 4.79 Å². The summed E-state index contributed by atoms with van der Waals surface area (Å²) in [4.78, 5) is 39.3. The normalized spacial score (nSPS) is 20.3. The molecule has 2 aromatic carbocycles. The fraction of sp³-hybridized carbons (Fsp3) is 0.464. The maximum absolute atomic E-state index is 13.2. The highest BCUT2D eigenvalue weighted by Crippen LogP contribution is 2.44. The number of hydrogen-bond acceptors (Lipinski definition) is 4. The molecule has 1 aliphatic heterocycles. The van der Waals surface area contributed by atoms with Crippen molar-refractivity contribution >= 4 is 18.0 Å². The number of piperidine rings is 1. The zero-order valence-corrected chi connectivity index (χ0v) is 20.8. The average molecular weight is 479 g/mol. The van der Waals surface area contributed by atoms with E-state index in [2.05, 4.69) is 29.6 Å². The molecular formula is C28H34N2O5. The van der Waals surface area contributed by atoms with Gasteiger partial charge in [-0.3, -0.25) is 4.79 Å². The largest absolute Gasteiger partial charge is 0.480 e. The van der Waals surface area contributed by atoms with Crippen LogP contribution in [-0.4, -0.2) is 53.2 Å². The van der Waals surface area contributed by atoms with Crippen LogP contribution < -0.4 is 5.32 Å². The van der Waals surface area contributed by atoms with E-state index in [1.165, 1.54) is 4.90 Å². The molecule has 2 aliphatic rings. The molecule has 3 unspecified atom stereocenters. The lowest BCUT2D eigenvalue weighted by Gasteiger charge is -2.45. The van der Waals surface area contributed by atoms with E-state index in [0.717, 1.165) is 35.1 Å². The monoisotopic (exact) mass is 478 g/mol. The van der Waals surface area contributed by atoms with Gasteiger partial charge >= 0.3 is 12.1 Å². The highest BCUT2D eigenvalue weighted by atomic mass is 16.5. The van der Waals surface area contributed by atoms with Crippen LogP contribution in [0.2, 0.25) is 0 Å². The van der Waals surface area contributed by atoms with Crippen LogP contribution in [0, 0.1) is 11.3 Å². The maximum atomic E-state index is 13.2. The highest BCUT2D eigenvalue weighted by Gasteiger charge is 2.45. The molecule has 0 bridgehead atoms. The summed E-state index contributed by atoms with van der Waals surface area (Å²) in [5, 5.41) is 12.6. The molecule has 4 rings (SSSR count). The molecule has 7 nitrogen and oxygen atoms in total. The summed E-state index contributed by atoms with van der Waals surface area (Å²) >= 11 is 0. The van der Waals surface area contributed by atoms with E-state index < -0.39 is 35.5 Å². The number of nitrogens with zero attached hydrogens (tertiary/aromatic N) is 1. The van der Waals surface area contributed by atoms with Gasteiger partial charge in [-0.15, -0.1) is 0 Å². The van der Waals surface area contributed by atoms with Crippen molar-refractivity contribution in [2.45, 2.75) is 58.5 Å². The molecule has 0 aromatic heterocycles. The summed E-state index contributed by atoms with van der Waals surface area (Å²) in [6.07, 6.45) is 0.909. The number of alkyl carbamates (subject to hydrolysis) is 1. The average Bonchev–Trinajstić information content (AvgIpc) is 3.14. The minimum Gasteiger partial charge on any atom is -0.480 e. The molecule has 0 radical (unpaired) electrons. The number of likely N-dealkylation sites (tertiary alicyclic amines) is 1. The lowest BCUT2D eigenvalue weighted by atomic mass is 9.76. The van der Waals surface area contributed by atoms with Gasteiger partial charge < -0.3 is 20.1 Å². The van der Waals surface area contributed by atoms with Gasteiger partial charge in [-0.05, 0) is 47.4 Å². The van der Waals surface area contributed by atoms with Gasteiger partial charge in [-0.25, -0.2) is 9.59 Å². The summed E-state index contributed by atoms with van der Waals surface area (Å²) in [5.74, 6) is -1.90. The van der Waals surface area contributed by atoms with E-state index >= 15 is 0 Å². The Balaban J connectivity index is 1.38. The number of carbonyl (C=O) groups excluding carboxylic acids is 2. The van der Waals surface area contributed by atoms with Gasteiger partial charge in [-0.2, -0.15) is 0 Å². The number of benzene rings is 2. The van der Waals surface area contributed by atoms with E-state index in [0.29, 0.717) is 6.54 Å². The van der Waals surface area contributed by atoms with Gasteiger partial charge in [0.1, 0.15) is 12.6 Å². The third-order valence-corrected chi connectivity index (χ3v) is 7.62. The van der Waals surface area contributed by atoms with Crippen molar-refractivity contribution in [3.63, 3.8) is 0 Å². The second kappa shape index (κ2) is 9.72. The van der Waals surface area contributed by atoms with Crippen molar-refractivity contribution in [1.29, 1.82) is 0 Å². The molecule has 186 valence electrons. The smallest absolute Gasteiger partial charge is 0.407 e. The number of rotatable bonds is 6. The van der Waals surface area contributed by atoms with Crippen molar-refractivity contribution in [1.82, 2.24) is 10.2 Å². The number of carboxylic acids is 1. The van der Waals surface area contributed by atoms with E-state index in [-0.39, 0.29) is 18.4 Å². The number of nitrogens with one attached hydrogen (secondary N) is 1. The SMILES string of the molecule is CC(NC(=O)OCC1c2ccccc2-c2ccccc21)C(C)C(=O)N1CCCC(C)(C)C1C(=O)O. The molecule has 3 atom stereocenters. The number of aliphatic carboxylic acids is 1. The van der Waals surface area contributed by atoms with Crippen molar-refractivity contribution < 1.29 is 24.2 Å². The lowest BCUT2D eigenvalue weighted by molar-refractivity contribution is -0.160. The molecule has 0 spiro atoms. The second-order valence-electron chi connectivity index (χ2n) is 10.4. The zero-order valence-electron chi connectivity index (χ0n) is 20.8. The summed E-state index contributed by atoms with van der Waals surface area (Å²) in [6.45, 7) is 7.83. The van der Waals surface area contributed by atoms with Crippen LogP contribution in [0.5, 0.6) is 0 Å². The van der Waals surface area contributed by atoms with E-state index in [1.54, 1.807) is 13.8 Å². The van der Waals surface area contributed by atoms with Crippen molar-refractivity contribution in [2.24, 2.45) is 11.3 Å². The highest BCUT2D eigenvalue weighted by molar-refractivity contribution is 5.86. The first-order chi connectivity index (χ1) is 16.6. The molecule has 2 N–H and O–H groups in total. The first-order valence-electron chi connectivity index (χ1n) is 12.3. The standard InChI is InChI=1S/C28H34N2O5/c1-17(25(31)30-15-9-14-28(3,4)24(30)26(32)33)18(2)29-27(34)35-16-23-21-12-7-5-10-19(21)20-11-6-8-13-22(20)23/h5-8,10-13,17-18,23-24H,9,14-16H2,1-4H3,(H,29,34)(H,32,33). The van der Waals surface area contributed by atoms with Crippen LogP contribution in [0.1, 0.15) is 57.6 Å². The second-order valence-corrected chi connectivity index (χ2v) is 10.4. The molecule has 7 heteroatoms. The van der Waals surface area contributed by atoms with Crippen LogP contribution >= 0.6 is 0 Å². The van der Waals surface area contributed by atoms with Crippen molar-refractivity contribution in [3.8, 4) is 11.1 Å². The van der Waals surface area contributed by atoms with E-state index in [9.17, 15) is 19.5 Å². The minimum atomic E-state index is -0.993. The Morgan fingerprint density at radius 2 is 1.63 bits per heavy atom. The number of amides is 2. The molecule has 1 aliphatic carbocycles. The fourth-order valence-corrected chi connectivity index (χ4v) is 5.52. The number of carbonyl (C=O) groups is 3. The minimum absolute atomic E-state index is 0.0468. The van der Waals surface area contributed by atoms with E-state index in [1.807, 2.05) is 38.1 Å². The van der Waals surface area contributed by atoms with E-state index in [4.69, 9.17) is 4.74 Å². The first kappa shape index (κ1) is 24.8. The summed E-state index contributed by atoms with van der Waals surface area (Å²) < 4.78 is 5.61. The van der Waals surface area contributed by atoms with Gasteiger partial charge in [0, 0.05) is 18.5 Å². The van der Waals surface area contributed by atoms with Gasteiger partial charge in [0.15, 0.2) is 0 Å². The molecule has 35 heavy (non-hydrogen) atoms. The molecule has 2 amide bonds. The van der Waals surface area contributed by atoms with Crippen LogP contribution in [0.25, 0.3) is 11.1 Å². The number of fused-ring (bicyclic) bond motifs is 3. The van der Waals surface area contributed by atoms with Crippen LogP contribution in [0.3, 0.4) is 0 Å². The predicted molar refractivity (Wildman–Crippen MR) is 133 cm³/mol. The third kappa shape index (κ3) is 4.77. The topological polar surface area (TPSA) is 95.9 Å². The number of ether oxygens (including phenoxy) is 1. The van der Waals surface area contributed by atoms with Gasteiger partial charge in [-0.1, -0.05) is 69.3 Å². The molecule has 0 saturated carbocycles. The summed E-state index contributed by atoms with van der Waals surface area (Å²) in [7, 11) is 0. The quantitative estimate of drug-likeness (QED) is 0.630. The third-order valence-electron chi connectivity index (χ3n) is 7.62. The molecular weight excluding hydrogens is 444 g/mol. The number of hydrogen-bond donors (Lipinski definition) is 2. The Labute approximate surface area is 206 Å². The predicted octanol–water partition coefficient (Wildman–Crippen LogP) is 4.65.